The van der Waals surface area contributed by atoms with E-state index in [2.05, 4.69) is 47.2 Å². The Kier molecular flexibility index (Phi) is 4.51. The van der Waals surface area contributed by atoms with Crippen molar-refractivity contribution in [3.05, 3.63) is 29.6 Å². The van der Waals surface area contributed by atoms with Gasteiger partial charge in [-0.15, -0.1) is 0 Å². The Morgan fingerprint density at radius 2 is 2.35 bits per heavy atom. The molecule has 2 rings (SSSR count). The minimum atomic E-state index is 0.680. The molecule has 1 aliphatic heterocycles. The highest BCUT2D eigenvalue weighted by atomic mass is 15.2. The number of likely N-dealkylation sites (N-methyl/N-ethyl adjacent to an activating group) is 1. The lowest BCUT2D eigenvalue weighted by Crippen LogP contribution is -2.37. The summed E-state index contributed by atoms with van der Waals surface area (Å²) in [5.74, 6) is 0. The molecule has 1 fully saturated rings. The summed E-state index contributed by atoms with van der Waals surface area (Å²) in [5, 5.41) is 3.56. The van der Waals surface area contributed by atoms with Crippen molar-refractivity contribution >= 4 is 0 Å². The topological polar surface area (TPSA) is 28.2 Å². The van der Waals surface area contributed by atoms with Crippen LogP contribution in [0.5, 0.6) is 0 Å². The number of pyridine rings is 1. The second-order valence-corrected chi connectivity index (χ2v) is 4.89. The maximum Gasteiger partial charge on any atom is 0.0547 e. The Morgan fingerprint density at radius 3 is 3.00 bits per heavy atom. The summed E-state index contributed by atoms with van der Waals surface area (Å²) < 4.78 is 0. The van der Waals surface area contributed by atoms with E-state index in [1.807, 2.05) is 0 Å². The quantitative estimate of drug-likeness (QED) is 0.842. The van der Waals surface area contributed by atoms with E-state index in [4.69, 9.17) is 0 Å². The fourth-order valence-corrected chi connectivity index (χ4v) is 2.45. The first-order valence-corrected chi connectivity index (χ1v) is 6.66. The van der Waals surface area contributed by atoms with Gasteiger partial charge in [0, 0.05) is 24.8 Å². The molecule has 1 aromatic heterocycles. The van der Waals surface area contributed by atoms with Gasteiger partial charge in [-0.1, -0.05) is 13.0 Å². The van der Waals surface area contributed by atoms with E-state index in [9.17, 15) is 0 Å². The van der Waals surface area contributed by atoms with Crippen LogP contribution in [0.25, 0.3) is 0 Å². The van der Waals surface area contributed by atoms with Gasteiger partial charge in [0.05, 0.1) is 5.69 Å². The molecule has 0 saturated carbocycles. The molecule has 1 saturated heterocycles. The van der Waals surface area contributed by atoms with Gasteiger partial charge in [-0.25, -0.2) is 0 Å². The maximum atomic E-state index is 4.57. The Bertz CT molecular complexity index is 345. The molecule has 0 radical (unpaired) electrons. The third-order valence-corrected chi connectivity index (χ3v) is 3.42. The lowest BCUT2D eigenvalue weighted by molar-refractivity contribution is 0.250. The molecule has 0 bridgehead atoms. The van der Waals surface area contributed by atoms with Crippen molar-refractivity contribution in [2.75, 3.05) is 19.6 Å². The number of hydrogen-bond acceptors (Lipinski definition) is 3. The van der Waals surface area contributed by atoms with E-state index in [1.54, 1.807) is 0 Å². The molecule has 1 aromatic rings. The molecule has 3 nitrogen and oxygen atoms in total. The number of aryl methyl sites for hydroxylation is 1. The van der Waals surface area contributed by atoms with E-state index < -0.39 is 0 Å². The van der Waals surface area contributed by atoms with Crippen molar-refractivity contribution in [2.45, 2.75) is 39.3 Å². The zero-order chi connectivity index (χ0) is 12.1. The number of hydrogen-bond donors (Lipinski definition) is 1. The second kappa shape index (κ2) is 6.12. The van der Waals surface area contributed by atoms with Gasteiger partial charge in [0.15, 0.2) is 0 Å². The van der Waals surface area contributed by atoms with Gasteiger partial charge in [0.2, 0.25) is 0 Å². The zero-order valence-electron chi connectivity index (χ0n) is 10.9. The highest BCUT2D eigenvalue weighted by Crippen LogP contribution is 2.09. The minimum absolute atomic E-state index is 0.680. The SMILES string of the molecule is CCN(Cc1cccc(C)n1)CC1CCCN1. The smallest absolute Gasteiger partial charge is 0.0547 e. The maximum absolute atomic E-state index is 4.57. The summed E-state index contributed by atoms with van der Waals surface area (Å²) >= 11 is 0. The third-order valence-electron chi connectivity index (χ3n) is 3.42. The molecule has 0 aliphatic carbocycles. The first-order valence-electron chi connectivity index (χ1n) is 6.66. The molecule has 94 valence electrons. The van der Waals surface area contributed by atoms with Gasteiger partial charge in [0.25, 0.3) is 0 Å². The minimum Gasteiger partial charge on any atom is -0.313 e. The summed E-state index contributed by atoms with van der Waals surface area (Å²) in [6, 6.07) is 6.95. The van der Waals surface area contributed by atoms with Crippen LogP contribution in [0.3, 0.4) is 0 Å². The predicted octanol–water partition coefficient (Wildman–Crippen LogP) is 1.96. The standard InChI is InChI=1S/C14H23N3/c1-3-17(10-13-8-5-9-15-13)11-14-7-4-6-12(2)16-14/h4,6-7,13,15H,3,5,8-11H2,1-2H3. The first-order chi connectivity index (χ1) is 8.28. The molecule has 1 N–H and O–H groups in total. The van der Waals surface area contributed by atoms with Crippen molar-refractivity contribution in [1.82, 2.24) is 15.2 Å². The molecule has 1 aliphatic rings. The summed E-state index contributed by atoms with van der Waals surface area (Å²) in [4.78, 5) is 7.05. The molecule has 0 spiro atoms. The van der Waals surface area contributed by atoms with Crippen molar-refractivity contribution in [3.63, 3.8) is 0 Å². The number of nitrogens with zero attached hydrogens (tertiary/aromatic N) is 2. The van der Waals surface area contributed by atoms with Crippen molar-refractivity contribution < 1.29 is 0 Å². The van der Waals surface area contributed by atoms with Crippen LogP contribution >= 0.6 is 0 Å². The van der Waals surface area contributed by atoms with Gasteiger partial charge in [-0.2, -0.15) is 0 Å². The van der Waals surface area contributed by atoms with Crippen LogP contribution in [0.2, 0.25) is 0 Å². The predicted molar refractivity (Wildman–Crippen MR) is 70.9 cm³/mol. The van der Waals surface area contributed by atoms with E-state index in [0.29, 0.717) is 6.04 Å². The van der Waals surface area contributed by atoms with Gasteiger partial charge in [0.1, 0.15) is 0 Å². The summed E-state index contributed by atoms with van der Waals surface area (Å²) in [5.41, 5.74) is 2.29. The number of nitrogens with one attached hydrogen (secondary N) is 1. The highest BCUT2D eigenvalue weighted by molar-refractivity contribution is 5.09. The van der Waals surface area contributed by atoms with Gasteiger partial charge < -0.3 is 5.32 Å². The molecule has 1 atom stereocenters. The normalized spacial score (nSPS) is 20.1. The largest absolute Gasteiger partial charge is 0.313 e. The molecule has 17 heavy (non-hydrogen) atoms. The van der Waals surface area contributed by atoms with Crippen LogP contribution in [-0.2, 0) is 6.54 Å². The van der Waals surface area contributed by atoms with Crippen molar-refractivity contribution in [2.24, 2.45) is 0 Å². The molecule has 1 unspecified atom stereocenters. The molecular weight excluding hydrogens is 210 g/mol. The van der Waals surface area contributed by atoms with Gasteiger partial charge in [-0.05, 0) is 45.0 Å². The summed E-state index contributed by atoms with van der Waals surface area (Å²) in [6.45, 7) is 8.67. The van der Waals surface area contributed by atoms with Crippen LogP contribution in [-0.4, -0.2) is 35.6 Å². The molecule has 0 aromatic carbocycles. The Morgan fingerprint density at radius 1 is 1.47 bits per heavy atom. The van der Waals surface area contributed by atoms with Crippen LogP contribution in [0, 0.1) is 6.92 Å². The van der Waals surface area contributed by atoms with Crippen LogP contribution in [0.15, 0.2) is 18.2 Å². The highest BCUT2D eigenvalue weighted by Gasteiger charge is 2.17. The van der Waals surface area contributed by atoms with Crippen molar-refractivity contribution in [3.8, 4) is 0 Å². The van der Waals surface area contributed by atoms with Crippen LogP contribution < -0.4 is 5.32 Å². The summed E-state index contributed by atoms with van der Waals surface area (Å²) in [6.07, 6.45) is 2.64. The monoisotopic (exact) mass is 233 g/mol. The van der Waals surface area contributed by atoms with Gasteiger partial charge >= 0.3 is 0 Å². The second-order valence-electron chi connectivity index (χ2n) is 4.89. The van der Waals surface area contributed by atoms with E-state index in [0.717, 1.165) is 25.3 Å². The molecule has 3 heteroatoms. The lowest BCUT2D eigenvalue weighted by Gasteiger charge is -2.23. The van der Waals surface area contributed by atoms with Crippen molar-refractivity contribution in [1.29, 1.82) is 0 Å². The van der Waals surface area contributed by atoms with Crippen LogP contribution in [0.4, 0.5) is 0 Å². The average molecular weight is 233 g/mol. The van der Waals surface area contributed by atoms with E-state index >= 15 is 0 Å². The van der Waals surface area contributed by atoms with E-state index in [-0.39, 0.29) is 0 Å². The lowest BCUT2D eigenvalue weighted by atomic mass is 10.2. The first kappa shape index (κ1) is 12.5. The number of aromatic nitrogens is 1. The average Bonchev–Trinajstić information content (AvgIpc) is 2.81. The van der Waals surface area contributed by atoms with Gasteiger partial charge in [-0.3, -0.25) is 9.88 Å². The number of rotatable bonds is 5. The Balaban J connectivity index is 1.90. The molecule has 0 amide bonds. The zero-order valence-corrected chi connectivity index (χ0v) is 10.9. The van der Waals surface area contributed by atoms with E-state index in [1.165, 1.54) is 25.1 Å². The van der Waals surface area contributed by atoms with Crippen LogP contribution in [0.1, 0.15) is 31.2 Å². The Hall–Kier alpha value is -0.930. The fourth-order valence-electron chi connectivity index (χ4n) is 2.45. The molecular formula is C14H23N3. The molecule has 2 heterocycles. The Labute approximate surface area is 104 Å². The third kappa shape index (κ3) is 3.79. The summed E-state index contributed by atoms with van der Waals surface area (Å²) in [7, 11) is 0. The fraction of sp³-hybridized carbons (Fsp3) is 0.643.